The first kappa shape index (κ1) is 12.7. The van der Waals surface area contributed by atoms with Crippen LogP contribution in [0.4, 0.5) is 4.39 Å². The minimum Gasteiger partial charge on any atom is -0.481 e. The predicted molar refractivity (Wildman–Crippen MR) is 62.1 cm³/mol. The summed E-state index contributed by atoms with van der Waals surface area (Å²) in [6.07, 6.45) is 4.12. The van der Waals surface area contributed by atoms with E-state index in [0.717, 1.165) is 0 Å². The molecule has 0 bridgehead atoms. The number of halogens is 2. The maximum atomic E-state index is 12.9. The van der Waals surface area contributed by atoms with Crippen LogP contribution in [-0.2, 0) is 11.2 Å². The highest BCUT2D eigenvalue weighted by Crippen LogP contribution is 2.14. The van der Waals surface area contributed by atoms with Crippen LogP contribution in [0.1, 0.15) is 17.5 Å². The average molecular weight is 243 g/mol. The van der Waals surface area contributed by atoms with Gasteiger partial charge in [-0.15, -0.1) is 11.6 Å². The third-order valence-electron chi connectivity index (χ3n) is 2.02. The molecule has 86 valence electrons. The van der Waals surface area contributed by atoms with Crippen LogP contribution in [0.3, 0.4) is 0 Å². The van der Waals surface area contributed by atoms with Gasteiger partial charge in [0.2, 0.25) is 0 Å². The van der Waals surface area contributed by atoms with Crippen molar-refractivity contribution in [1.29, 1.82) is 0 Å². The first-order valence-electron chi connectivity index (χ1n) is 4.86. The zero-order chi connectivity index (χ0) is 12.0. The first-order chi connectivity index (χ1) is 7.63. The predicted octanol–water partition coefficient (Wildman–Crippen LogP) is 3.09. The maximum absolute atomic E-state index is 12.9. The number of benzene rings is 1. The van der Waals surface area contributed by atoms with Crippen molar-refractivity contribution in [3.63, 3.8) is 0 Å². The lowest BCUT2D eigenvalue weighted by Crippen LogP contribution is -2.02. The van der Waals surface area contributed by atoms with Crippen molar-refractivity contribution in [3.05, 3.63) is 41.2 Å². The third-order valence-corrected chi connectivity index (χ3v) is 2.24. The molecule has 0 saturated carbocycles. The van der Waals surface area contributed by atoms with Crippen LogP contribution < -0.4 is 0 Å². The molecule has 0 saturated heterocycles. The van der Waals surface area contributed by atoms with Gasteiger partial charge in [-0.05, 0) is 29.7 Å². The maximum Gasteiger partial charge on any atom is 0.307 e. The molecule has 1 aromatic rings. The van der Waals surface area contributed by atoms with Gasteiger partial charge in [-0.2, -0.15) is 0 Å². The van der Waals surface area contributed by atoms with Crippen LogP contribution in [0.5, 0.6) is 0 Å². The van der Waals surface area contributed by atoms with E-state index in [1.165, 1.54) is 12.1 Å². The van der Waals surface area contributed by atoms with E-state index in [0.29, 0.717) is 23.4 Å². The number of hydrogen-bond donors (Lipinski definition) is 1. The summed E-state index contributed by atoms with van der Waals surface area (Å²) < 4.78 is 12.9. The molecule has 1 aromatic carbocycles. The van der Waals surface area contributed by atoms with Crippen LogP contribution >= 0.6 is 11.6 Å². The van der Waals surface area contributed by atoms with Crippen molar-refractivity contribution in [2.24, 2.45) is 0 Å². The molecule has 0 heterocycles. The van der Waals surface area contributed by atoms with Gasteiger partial charge in [0.25, 0.3) is 0 Å². The van der Waals surface area contributed by atoms with Crippen molar-refractivity contribution in [3.8, 4) is 0 Å². The third kappa shape index (κ3) is 4.03. The Labute approximate surface area is 98.4 Å². The van der Waals surface area contributed by atoms with E-state index in [1.807, 2.05) is 6.08 Å². The number of hydrogen-bond acceptors (Lipinski definition) is 1. The van der Waals surface area contributed by atoms with Gasteiger partial charge in [-0.1, -0.05) is 18.2 Å². The Balaban J connectivity index is 2.93. The van der Waals surface area contributed by atoms with Gasteiger partial charge in [-0.3, -0.25) is 4.79 Å². The molecule has 0 radical (unpaired) electrons. The molecule has 4 heteroatoms. The van der Waals surface area contributed by atoms with E-state index < -0.39 is 11.8 Å². The molecule has 1 N–H and O–H groups in total. The number of rotatable bonds is 5. The number of carbonyl (C=O) groups is 1. The monoisotopic (exact) mass is 242 g/mol. The van der Waals surface area contributed by atoms with Crippen molar-refractivity contribution in [1.82, 2.24) is 0 Å². The van der Waals surface area contributed by atoms with E-state index in [9.17, 15) is 9.18 Å². The van der Waals surface area contributed by atoms with Gasteiger partial charge in [0.1, 0.15) is 5.82 Å². The Kier molecular flexibility index (Phi) is 4.99. The molecule has 0 spiro atoms. The molecule has 0 aliphatic carbocycles. The Morgan fingerprint density at radius 1 is 1.50 bits per heavy atom. The van der Waals surface area contributed by atoms with Crippen molar-refractivity contribution >= 4 is 23.6 Å². The second-order valence-corrected chi connectivity index (χ2v) is 3.67. The molecule has 0 unspecified atom stereocenters. The quantitative estimate of drug-likeness (QED) is 0.806. The normalized spacial score (nSPS) is 10.9. The molecule has 2 nitrogen and oxygen atoms in total. The van der Waals surface area contributed by atoms with Crippen molar-refractivity contribution in [2.75, 3.05) is 5.88 Å². The van der Waals surface area contributed by atoms with E-state index in [1.54, 1.807) is 12.1 Å². The van der Waals surface area contributed by atoms with E-state index >= 15 is 0 Å². The smallest absolute Gasteiger partial charge is 0.307 e. The Morgan fingerprint density at radius 2 is 2.25 bits per heavy atom. The minimum absolute atomic E-state index is 0.182. The molecule has 0 aliphatic heterocycles. The molecule has 1 rings (SSSR count). The van der Waals surface area contributed by atoms with Crippen molar-refractivity contribution in [2.45, 2.75) is 12.8 Å². The van der Waals surface area contributed by atoms with Crippen LogP contribution in [0, 0.1) is 5.82 Å². The lowest BCUT2D eigenvalue weighted by molar-refractivity contribution is -0.136. The Morgan fingerprint density at radius 3 is 2.88 bits per heavy atom. The van der Waals surface area contributed by atoms with Crippen LogP contribution in [0.2, 0.25) is 0 Å². The van der Waals surface area contributed by atoms with Gasteiger partial charge < -0.3 is 5.11 Å². The summed E-state index contributed by atoms with van der Waals surface area (Å²) in [6.45, 7) is 0. The SMILES string of the molecule is O=C(O)Cc1cc(F)ccc1C=CCCCl. The summed E-state index contributed by atoms with van der Waals surface area (Å²) in [5.74, 6) is -0.894. The zero-order valence-corrected chi connectivity index (χ0v) is 9.38. The summed E-state index contributed by atoms with van der Waals surface area (Å²) in [7, 11) is 0. The first-order valence-corrected chi connectivity index (χ1v) is 5.39. The van der Waals surface area contributed by atoms with Crippen LogP contribution in [-0.4, -0.2) is 17.0 Å². The van der Waals surface area contributed by atoms with Crippen molar-refractivity contribution < 1.29 is 14.3 Å². The second-order valence-electron chi connectivity index (χ2n) is 3.29. The minimum atomic E-state index is -0.974. The number of carboxylic acid groups (broad SMARTS) is 1. The summed E-state index contributed by atoms with van der Waals surface area (Å²) in [6, 6.07) is 4.12. The number of alkyl halides is 1. The standard InChI is InChI=1S/C12H12ClFO2/c13-6-2-1-3-9-4-5-11(14)7-10(9)8-12(15)16/h1,3-5,7H,2,6,8H2,(H,15,16). The summed E-state index contributed by atoms with van der Waals surface area (Å²) >= 11 is 5.51. The molecule has 0 aromatic heterocycles. The molecule has 0 amide bonds. The fraction of sp³-hybridized carbons (Fsp3) is 0.250. The molecule has 0 aliphatic rings. The molecular weight excluding hydrogens is 231 g/mol. The van der Waals surface area contributed by atoms with Gasteiger partial charge in [0.05, 0.1) is 6.42 Å². The van der Waals surface area contributed by atoms with Gasteiger partial charge in [-0.25, -0.2) is 4.39 Å². The number of aliphatic carboxylic acids is 1. The fourth-order valence-corrected chi connectivity index (χ4v) is 1.45. The number of carboxylic acids is 1. The molecular formula is C12H12ClFO2. The van der Waals surface area contributed by atoms with Gasteiger partial charge in [0, 0.05) is 5.88 Å². The lowest BCUT2D eigenvalue weighted by atomic mass is 10.0. The summed E-state index contributed by atoms with van der Waals surface area (Å²) in [4.78, 5) is 10.6. The number of allylic oxidation sites excluding steroid dienone is 1. The Hall–Kier alpha value is -1.35. The summed E-state index contributed by atoms with van der Waals surface area (Å²) in [5, 5.41) is 8.69. The van der Waals surface area contributed by atoms with E-state index in [2.05, 4.69) is 0 Å². The van der Waals surface area contributed by atoms with Gasteiger partial charge in [0.15, 0.2) is 0 Å². The zero-order valence-electron chi connectivity index (χ0n) is 8.62. The average Bonchev–Trinajstić information content (AvgIpc) is 2.20. The Bertz CT molecular complexity index is 402. The largest absolute Gasteiger partial charge is 0.481 e. The topological polar surface area (TPSA) is 37.3 Å². The highest BCUT2D eigenvalue weighted by atomic mass is 35.5. The second kappa shape index (κ2) is 6.28. The lowest BCUT2D eigenvalue weighted by Gasteiger charge is -2.03. The highest BCUT2D eigenvalue weighted by molar-refractivity contribution is 6.17. The summed E-state index contributed by atoms with van der Waals surface area (Å²) in [5.41, 5.74) is 1.19. The van der Waals surface area contributed by atoms with E-state index in [4.69, 9.17) is 16.7 Å². The molecule has 0 atom stereocenters. The highest BCUT2D eigenvalue weighted by Gasteiger charge is 2.06. The molecule has 16 heavy (non-hydrogen) atoms. The van der Waals surface area contributed by atoms with E-state index in [-0.39, 0.29) is 6.42 Å². The van der Waals surface area contributed by atoms with Crippen LogP contribution in [0.15, 0.2) is 24.3 Å². The van der Waals surface area contributed by atoms with Gasteiger partial charge >= 0.3 is 5.97 Å². The fourth-order valence-electron chi connectivity index (χ4n) is 1.33. The molecule has 0 fully saturated rings. The van der Waals surface area contributed by atoms with Crippen LogP contribution in [0.25, 0.3) is 6.08 Å².